The van der Waals surface area contributed by atoms with Gasteiger partial charge >= 0.3 is 0 Å². The fourth-order valence-electron chi connectivity index (χ4n) is 4.14. The van der Waals surface area contributed by atoms with E-state index in [1.54, 1.807) is 0 Å². The number of hydrogen-bond donors (Lipinski definition) is 0. The Morgan fingerprint density at radius 2 is 2.00 bits per heavy atom. The van der Waals surface area contributed by atoms with Crippen LogP contribution in [0.25, 0.3) is 0 Å². The number of carbonyl (C=O) groups excluding carboxylic acids is 1. The van der Waals surface area contributed by atoms with Gasteiger partial charge in [0.15, 0.2) is 5.82 Å². The highest BCUT2D eigenvalue weighted by Gasteiger charge is 2.41. The van der Waals surface area contributed by atoms with Crippen molar-refractivity contribution >= 4 is 5.91 Å². The zero-order chi connectivity index (χ0) is 18.7. The third-order valence-corrected chi connectivity index (χ3v) is 5.65. The van der Waals surface area contributed by atoms with E-state index in [9.17, 15) is 4.79 Å². The molecule has 2 fully saturated rings. The summed E-state index contributed by atoms with van der Waals surface area (Å²) in [6, 6.07) is 0. The molecule has 1 aromatic rings. The van der Waals surface area contributed by atoms with Crippen LogP contribution in [0.4, 0.5) is 0 Å². The van der Waals surface area contributed by atoms with Crippen molar-refractivity contribution < 1.29 is 14.1 Å². The molecule has 1 spiro atoms. The van der Waals surface area contributed by atoms with E-state index in [0.29, 0.717) is 18.3 Å². The molecule has 2 aliphatic heterocycles. The summed E-state index contributed by atoms with van der Waals surface area (Å²) in [6.45, 7) is 10.8. The van der Waals surface area contributed by atoms with Crippen LogP contribution in [0.3, 0.4) is 0 Å². The van der Waals surface area contributed by atoms with Crippen molar-refractivity contribution in [2.24, 2.45) is 11.8 Å². The van der Waals surface area contributed by atoms with Gasteiger partial charge in [-0.1, -0.05) is 32.9 Å². The summed E-state index contributed by atoms with van der Waals surface area (Å²) in [5, 5.41) is 4.15. The van der Waals surface area contributed by atoms with Crippen LogP contribution in [0.5, 0.6) is 0 Å². The molecule has 1 atom stereocenters. The second-order valence-corrected chi connectivity index (χ2v) is 8.78. The molecule has 0 aromatic carbocycles. The van der Waals surface area contributed by atoms with Gasteiger partial charge in [0.05, 0.1) is 5.60 Å². The second kappa shape index (κ2) is 8.07. The van der Waals surface area contributed by atoms with E-state index in [1.165, 1.54) is 0 Å². The van der Waals surface area contributed by atoms with Crippen LogP contribution in [0.1, 0.15) is 77.4 Å². The number of likely N-dealkylation sites (tertiary alicyclic amines) is 1. The lowest BCUT2D eigenvalue weighted by atomic mass is 9.78. The first-order valence-electron chi connectivity index (χ1n) is 10.1. The maximum Gasteiger partial charge on any atom is 0.229 e. The molecule has 6 heteroatoms. The molecule has 1 aromatic heterocycles. The lowest BCUT2D eigenvalue weighted by Crippen LogP contribution is -2.51. The molecule has 26 heavy (non-hydrogen) atoms. The third kappa shape index (κ3) is 4.64. The molecule has 6 nitrogen and oxygen atoms in total. The topological polar surface area (TPSA) is 68.5 Å². The first-order valence-corrected chi connectivity index (χ1v) is 10.1. The van der Waals surface area contributed by atoms with Crippen LogP contribution in [0.15, 0.2) is 4.52 Å². The molecule has 0 radical (unpaired) electrons. The average molecular weight is 364 g/mol. The molecule has 146 valence electrons. The number of hydrogen-bond acceptors (Lipinski definition) is 5. The molecule has 0 saturated carbocycles. The van der Waals surface area contributed by atoms with Crippen molar-refractivity contribution in [3.05, 3.63) is 11.7 Å². The maximum atomic E-state index is 12.3. The second-order valence-electron chi connectivity index (χ2n) is 8.78. The number of amides is 1. The fraction of sp³-hybridized carbons (Fsp3) is 0.850. The quantitative estimate of drug-likeness (QED) is 0.800. The van der Waals surface area contributed by atoms with Gasteiger partial charge in [-0.15, -0.1) is 0 Å². The van der Waals surface area contributed by atoms with E-state index in [2.05, 4.69) is 37.8 Å². The smallest absolute Gasteiger partial charge is 0.229 e. The van der Waals surface area contributed by atoms with Gasteiger partial charge in [0, 0.05) is 38.5 Å². The fourth-order valence-corrected chi connectivity index (χ4v) is 4.14. The molecule has 1 unspecified atom stereocenters. The van der Waals surface area contributed by atoms with Gasteiger partial charge in [-0.25, -0.2) is 0 Å². The van der Waals surface area contributed by atoms with Crippen molar-refractivity contribution in [2.45, 2.75) is 77.7 Å². The van der Waals surface area contributed by atoms with E-state index in [4.69, 9.17) is 9.26 Å². The highest BCUT2D eigenvalue weighted by molar-refractivity contribution is 5.76. The van der Waals surface area contributed by atoms with E-state index in [0.717, 1.165) is 63.5 Å². The van der Waals surface area contributed by atoms with Crippen molar-refractivity contribution in [3.8, 4) is 0 Å². The molecule has 1 amide bonds. The lowest BCUT2D eigenvalue weighted by molar-refractivity contribution is -0.147. The molecular formula is C20H33N3O3. The van der Waals surface area contributed by atoms with Gasteiger partial charge in [0.1, 0.15) is 0 Å². The molecule has 0 N–H and O–H groups in total. The Bertz CT molecular complexity index is 603. The molecule has 0 bridgehead atoms. The normalized spacial score (nSPS) is 23.2. The molecule has 3 heterocycles. The van der Waals surface area contributed by atoms with E-state index in [-0.39, 0.29) is 17.4 Å². The number of nitrogens with zero attached hydrogens (tertiary/aromatic N) is 3. The third-order valence-electron chi connectivity index (χ3n) is 5.65. The van der Waals surface area contributed by atoms with Gasteiger partial charge in [0.25, 0.3) is 0 Å². The minimum absolute atomic E-state index is 0.0673. The van der Waals surface area contributed by atoms with Gasteiger partial charge < -0.3 is 14.2 Å². The lowest BCUT2D eigenvalue weighted by Gasteiger charge is -2.46. The number of ether oxygens (including phenoxy) is 1. The minimum atomic E-state index is -0.0673. The number of rotatable bonds is 5. The minimum Gasteiger partial charge on any atom is -0.375 e. The van der Waals surface area contributed by atoms with E-state index >= 15 is 0 Å². The maximum absolute atomic E-state index is 12.3. The Morgan fingerprint density at radius 3 is 2.62 bits per heavy atom. The Morgan fingerprint density at radius 1 is 1.27 bits per heavy atom. The van der Waals surface area contributed by atoms with Crippen molar-refractivity contribution in [2.75, 3.05) is 19.7 Å². The Hall–Kier alpha value is -1.43. The summed E-state index contributed by atoms with van der Waals surface area (Å²) in [7, 11) is 0. The number of piperidine rings is 1. The predicted octanol–water partition coefficient (Wildman–Crippen LogP) is 3.57. The summed E-state index contributed by atoms with van der Waals surface area (Å²) in [5.74, 6) is 3.04. The summed E-state index contributed by atoms with van der Waals surface area (Å²) >= 11 is 0. The number of carbonyl (C=O) groups is 1. The number of aromatic nitrogens is 2. The zero-order valence-electron chi connectivity index (χ0n) is 16.7. The predicted molar refractivity (Wildman–Crippen MR) is 98.8 cm³/mol. The van der Waals surface area contributed by atoms with Crippen LogP contribution < -0.4 is 0 Å². The summed E-state index contributed by atoms with van der Waals surface area (Å²) in [6.07, 6.45) is 5.46. The molecule has 2 saturated heterocycles. The standard InChI is InChI=1S/C20H33N3O3/c1-14(2)11-18(24)23-8-6-20(7-9-23)13-16(5-10-25-20)12-17-21-19(15(3)4)26-22-17/h14-16H,5-13H2,1-4H3. The van der Waals surface area contributed by atoms with Gasteiger partial charge in [-0.05, 0) is 37.5 Å². The summed E-state index contributed by atoms with van der Waals surface area (Å²) < 4.78 is 11.6. The monoisotopic (exact) mass is 363 g/mol. The van der Waals surface area contributed by atoms with Gasteiger partial charge in [-0.2, -0.15) is 4.98 Å². The van der Waals surface area contributed by atoms with Crippen LogP contribution in [-0.2, 0) is 16.0 Å². The van der Waals surface area contributed by atoms with Crippen LogP contribution in [0, 0.1) is 11.8 Å². The first kappa shape index (κ1) is 19.3. The average Bonchev–Trinajstić information content (AvgIpc) is 3.04. The first-order chi connectivity index (χ1) is 12.4. The Labute approximate surface area is 156 Å². The SMILES string of the molecule is CC(C)CC(=O)N1CCC2(CC1)CC(Cc1noc(C(C)C)n1)CCO2. The van der Waals surface area contributed by atoms with Crippen molar-refractivity contribution in [1.29, 1.82) is 0 Å². The molecule has 2 aliphatic rings. The van der Waals surface area contributed by atoms with Gasteiger partial charge in [-0.3, -0.25) is 4.79 Å². The van der Waals surface area contributed by atoms with Crippen LogP contribution >= 0.6 is 0 Å². The molecular weight excluding hydrogens is 330 g/mol. The molecule has 0 aliphatic carbocycles. The zero-order valence-corrected chi connectivity index (χ0v) is 16.7. The van der Waals surface area contributed by atoms with Crippen molar-refractivity contribution in [3.63, 3.8) is 0 Å². The van der Waals surface area contributed by atoms with Gasteiger partial charge in [0.2, 0.25) is 11.8 Å². The molecule has 3 rings (SSSR count). The van der Waals surface area contributed by atoms with E-state index in [1.807, 2.05) is 4.90 Å². The summed E-state index contributed by atoms with van der Waals surface area (Å²) in [5.41, 5.74) is -0.0673. The summed E-state index contributed by atoms with van der Waals surface area (Å²) in [4.78, 5) is 18.8. The van der Waals surface area contributed by atoms with E-state index < -0.39 is 0 Å². The highest BCUT2D eigenvalue weighted by atomic mass is 16.5. The van der Waals surface area contributed by atoms with Crippen molar-refractivity contribution in [1.82, 2.24) is 15.0 Å². The Balaban J connectivity index is 1.54. The van der Waals surface area contributed by atoms with Crippen LogP contribution in [0.2, 0.25) is 0 Å². The Kier molecular flexibility index (Phi) is 6.00. The van der Waals surface area contributed by atoms with Crippen LogP contribution in [-0.4, -0.2) is 46.2 Å². The largest absolute Gasteiger partial charge is 0.375 e. The highest BCUT2D eigenvalue weighted by Crippen LogP contribution is 2.38.